The maximum absolute atomic E-state index is 13.5. The van der Waals surface area contributed by atoms with Crippen molar-refractivity contribution < 1.29 is 17.9 Å². The van der Waals surface area contributed by atoms with E-state index in [1.165, 1.54) is 11.8 Å². The van der Waals surface area contributed by atoms with Crippen LogP contribution in [-0.4, -0.2) is 33.2 Å². The highest BCUT2D eigenvalue weighted by atomic mass is 32.2. The predicted molar refractivity (Wildman–Crippen MR) is 135 cm³/mol. The Morgan fingerprint density at radius 1 is 0.970 bits per heavy atom. The molecule has 0 saturated carbocycles. The van der Waals surface area contributed by atoms with Crippen LogP contribution < -0.4 is 14.4 Å². The molecular formula is C25H28N2O4S2. The summed E-state index contributed by atoms with van der Waals surface area (Å²) in [5.41, 5.74) is 1.97. The van der Waals surface area contributed by atoms with Crippen molar-refractivity contribution in [2.75, 3.05) is 22.4 Å². The van der Waals surface area contributed by atoms with E-state index in [-0.39, 0.29) is 17.5 Å². The number of rotatable bonds is 9. The normalized spacial score (nSPS) is 11.3. The zero-order valence-corrected chi connectivity index (χ0v) is 20.7. The summed E-state index contributed by atoms with van der Waals surface area (Å²) in [5, 5.41) is 2.77. The van der Waals surface area contributed by atoms with Crippen LogP contribution in [0.5, 0.6) is 5.75 Å². The number of nitrogens with zero attached hydrogens (tertiary/aromatic N) is 1. The van der Waals surface area contributed by atoms with Crippen LogP contribution in [0.3, 0.4) is 0 Å². The summed E-state index contributed by atoms with van der Waals surface area (Å²) in [6.45, 7) is 5.43. The van der Waals surface area contributed by atoms with Gasteiger partial charge in [0.05, 0.1) is 16.7 Å². The van der Waals surface area contributed by atoms with Crippen molar-refractivity contribution in [1.29, 1.82) is 0 Å². The Balaban J connectivity index is 1.85. The number of anilines is 2. The highest BCUT2D eigenvalue weighted by Crippen LogP contribution is 2.26. The van der Waals surface area contributed by atoms with E-state index < -0.39 is 15.9 Å². The Kier molecular flexibility index (Phi) is 8.05. The van der Waals surface area contributed by atoms with Crippen LogP contribution in [0.1, 0.15) is 19.4 Å². The van der Waals surface area contributed by atoms with Gasteiger partial charge in [-0.1, -0.05) is 17.7 Å². The van der Waals surface area contributed by atoms with Gasteiger partial charge in [-0.25, -0.2) is 8.42 Å². The van der Waals surface area contributed by atoms with Crippen molar-refractivity contribution in [1.82, 2.24) is 0 Å². The monoisotopic (exact) mass is 484 g/mol. The van der Waals surface area contributed by atoms with Crippen molar-refractivity contribution in [3.8, 4) is 5.75 Å². The summed E-state index contributed by atoms with van der Waals surface area (Å²) < 4.78 is 33.7. The van der Waals surface area contributed by atoms with E-state index in [2.05, 4.69) is 5.32 Å². The highest BCUT2D eigenvalue weighted by Gasteiger charge is 2.27. The van der Waals surface area contributed by atoms with Crippen molar-refractivity contribution >= 4 is 39.1 Å². The van der Waals surface area contributed by atoms with Crippen molar-refractivity contribution in [3.05, 3.63) is 78.4 Å². The molecule has 0 aromatic heterocycles. The average molecular weight is 485 g/mol. The number of aryl methyl sites for hydroxylation is 1. The van der Waals surface area contributed by atoms with E-state index in [1.54, 1.807) is 60.7 Å². The largest absolute Gasteiger partial charge is 0.491 e. The van der Waals surface area contributed by atoms with Crippen molar-refractivity contribution in [2.24, 2.45) is 0 Å². The first-order valence-electron chi connectivity index (χ1n) is 10.5. The number of carbonyl (C=O) groups is 1. The third kappa shape index (κ3) is 6.52. The number of amides is 1. The van der Waals surface area contributed by atoms with Gasteiger partial charge in [-0.2, -0.15) is 0 Å². The number of hydrogen-bond donors (Lipinski definition) is 1. The minimum atomic E-state index is -3.96. The number of hydrogen-bond acceptors (Lipinski definition) is 5. The summed E-state index contributed by atoms with van der Waals surface area (Å²) in [6.07, 6.45) is 1.97. The zero-order valence-electron chi connectivity index (χ0n) is 19.1. The number of thioether (sulfide) groups is 1. The fourth-order valence-corrected chi connectivity index (χ4v) is 4.95. The lowest BCUT2D eigenvalue weighted by Gasteiger charge is -2.24. The minimum Gasteiger partial charge on any atom is -0.491 e. The second-order valence-corrected chi connectivity index (χ2v) is 10.5. The molecule has 0 aliphatic heterocycles. The first kappa shape index (κ1) is 24.7. The summed E-state index contributed by atoms with van der Waals surface area (Å²) in [4.78, 5) is 13.9. The molecule has 3 aromatic rings. The smallest absolute Gasteiger partial charge is 0.264 e. The van der Waals surface area contributed by atoms with E-state index >= 15 is 0 Å². The van der Waals surface area contributed by atoms with Gasteiger partial charge in [0, 0.05) is 10.6 Å². The van der Waals surface area contributed by atoms with Crippen molar-refractivity contribution in [3.63, 3.8) is 0 Å². The second-order valence-electron chi connectivity index (χ2n) is 7.76. The fourth-order valence-electron chi connectivity index (χ4n) is 3.12. The maximum Gasteiger partial charge on any atom is 0.264 e. The number of ether oxygens (including phenoxy) is 1. The van der Waals surface area contributed by atoms with Gasteiger partial charge in [-0.05, 0) is 87.7 Å². The molecule has 6 nitrogen and oxygen atoms in total. The molecule has 33 heavy (non-hydrogen) atoms. The van der Waals surface area contributed by atoms with E-state index in [0.717, 1.165) is 14.8 Å². The molecule has 0 aliphatic rings. The Bertz CT molecular complexity index is 1170. The van der Waals surface area contributed by atoms with Gasteiger partial charge in [0.25, 0.3) is 10.0 Å². The van der Waals surface area contributed by atoms with Crippen LogP contribution >= 0.6 is 11.8 Å². The standard InChI is InChI=1S/C25H28N2O4S2/c1-18(2)31-22-11-7-20(8-12-22)26-25(28)17-27(21-9-5-19(3)6-10-21)33(29,30)24-15-13-23(32-4)14-16-24/h5-16,18H,17H2,1-4H3,(H,26,28). The SMILES string of the molecule is CSc1ccc(S(=O)(=O)N(CC(=O)Nc2ccc(OC(C)C)cc2)c2ccc(C)cc2)cc1. The van der Waals surface area contributed by atoms with E-state index in [9.17, 15) is 13.2 Å². The summed E-state index contributed by atoms with van der Waals surface area (Å²) >= 11 is 1.53. The quantitative estimate of drug-likeness (QED) is 0.415. The Morgan fingerprint density at radius 3 is 2.12 bits per heavy atom. The summed E-state index contributed by atoms with van der Waals surface area (Å²) in [6, 6.07) is 20.7. The van der Waals surface area contributed by atoms with Crippen LogP contribution in [0.25, 0.3) is 0 Å². The first-order valence-corrected chi connectivity index (χ1v) is 13.2. The molecule has 0 fully saturated rings. The van der Waals surface area contributed by atoms with E-state index in [1.807, 2.05) is 39.2 Å². The second kappa shape index (κ2) is 10.8. The lowest BCUT2D eigenvalue weighted by molar-refractivity contribution is -0.114. The van der Waals surface area contributed by atoms with Gasteiger partial charge in [-0.15, -0.1) is 11.8 Å². The fraction of sp³-hybridized carbons (Fsp3) is 0.240. The Hall–Kier alpha value is -2.97. The molecule has 0 spiro atoms. The van der Waals surface area contributed by atoms with Crippen LogP contribution in [0.15, 0.2) is 82.6 Å². The van der Waals surface area contributed by atoms with Crippen LogP contribution in [0.2, 0.25) is 0 Å². The number of benzene rings is 3. The Morgan fingerprint density at radius 2 is 1.58 bits per heavy atom. The number of nitrogens with one attached hydrogen (secondary N) is 1. The van der Waals surface area contributed by atoms with E-state index in [4.69, 9.17) is 4.74 Å². The lowest BCUT2D eigenvalue weighted by atomic mass is 10.2. The molecule has 0 heterocycles. The van der Waals surface area contributed by atoms with Gasteiger partial charge in [0.2, 0.25) is 5.91 Å². The molecular weight excluding hydrogens is 456 g/mol. The Labute approximate surface area is 200 Å². The molecule has 1 amide bonds. The molecule has 3 aromatic carbocycles. The third-order valence-corrected chi connectivity index (χ3v) is 7.30. The molecule has 3 rings (SSSR count). The molecule has 0 unspecified atom stereocenters. The maximum atomic E-state index is 13.5. The number of sulfonamides is 1. The van der Waals surface area contributed by atoms with Gasteiger partial charge in [0.15, 0.2) is 0 Å². The third-order valence-electron chi connectivity index (χ3n) is 4.77. The minimum absolute atomic E-state index is 0.0451. The molecule has 0 bridgehead atoms. The molecule has 174 valence electrons. The van der Waals surface area contributed by atoms with Crippen LogP contribution in [0.4, 0.5) is 11.4 Å². The lowest BCUT2D eigenvalue weighted by Crippen LogP contribution is -2.38. The van der Waals surface area contributed by atoms with Gasteiger partial charge in [0.1, 0.15) is 12.3 Å². The predicted octanol–water partition coefficient (Wildman–Crippen LogP) is 5.34. The van der Waals surface area contributed by atoms with Gasteiger partial charge >= 0.3 is 0 Å². The zero-order chi connectivity index (χ0) is 24.0. The molecule has 0 radical (unpaired) electrons. The highest BCUT2D eigenvalue weighted by molar-refractivity contribution is 7.98. The summed E-state index contributed by atoms with van der Waals surface area (Å²) in [7, 11) is -3.96. The molecule has 0 saturated heterocycles. The first-order chi connectivity index (χ1) is 15.7. The van der Waals surface area contributed by atoms with Crippen LogP contribution in [0, 0.1) is 6.92 Å². The molecule has 8 heteroatoms. The van der Waals surface area contributed by atoms with Crippen molar-refractivity contribution in [2.45, 2.75) is 36.7 Å². The molecule has 1 N–H and O–H groups in total. The molecule has 0 aliphatic carbocycles. The van der Waals surface area contributed by atoms with Gasteiger partial charge < -0.3 is 10.1 Å². The van der Waals surface area contributed by atoms with E-state index in [0.29, 0.717) is 17.1 Å². The average Bonchev–Trinajstić information content (AvgIpc) is 2.79. The number of carbonyl (C=O) groups excluding carboxylic acids is 1. The molecule has 0 atom stereocenters. The van der Waals surface area contributed by atoms with Crippen LogP contribution in [-0.2, 0) is 14.8 Å². The topological polar surface area (TPSA) is 75.7 Å². The van der Waals surface area contributed by atoms with Gasteiger partial charge in [-0.3, -0.25) is 9.10 Å². The summed E-state index contributed by atoms with van der Waals surface area (Å²) in [5.74, 6) is 0.248.